The largest absolute Gasteiger partial charge is 0.411 e. The number of hydrogen-bond donors (Lipinski definition) is 1. The maximum Gasteiger partial charge on any atom is 0.407 e. The van der Waals surface area contributed by atoms with Crippen molar-refractivity contribution in [2.75, 3.05) is 0 Å². The van der Waals surface area contributed by atoms with Crippen LogP contribution < -0.4 is 5.73 Å². The third-order valence-corrected chi connectivity index (χ3v) is 1.28. The Bertz CT molecular complexity index is 263. The van der Waals surface area contributed by atoms with Crippen LogP contribution in [0.3, 0.4) is 0 Å². The molecule has 0 bridgehead atoms. The van der Waals surface area contributed by atoms with Gasteiger partial charge in [-0.3, -0.25) is 0 Å². The highest BCUT2D eigenvalue weighted by Crippen LogP contribution is 2.17. The summed E-state index contributed by atoms with van der Waals surface area (Å²) in [5.41, 5.74) is 4.90. The van der Waals surface area contributed by atoms with Gasteiger partial charge in [-0.1, -0.05) is 30.3 Å². The first-order chi connectivity index (χ1) is 5.70. The summed E-state index contributed by atoms with van der Waals surface area (Å²) in [6, 6.07) is 8.04. The molecule has 0 saturated carbocycles. The van der Waals surface area contributed by atoms with Crippen LogP contribution in [0, 0.1) is 0 Å². The Kier molecular flexibility index (Phi) is 2.63. The number of rotatable bonds is 2. The fourth-order valence-corrected chi connectivity index (χ4v) is 0.774. The van der Waals surface area contributed by atoms with Crippen molar-refractivity contribution in [2.24, 2.45) is 5.73 Å². The predicted molar refractivity (Wildman–Crippen MR) is 41.0 cm³/mol. The molecule has 0 aliphatic rings. The molecule has 0 spiro atoms. The predicted octanol–water partition coefficient (Wildman–Crippen LogP) is 1.75. The van der Waals surface area contributed by atoms with Gasteiger partial charge in [0.25, 0.3) is 6.36 Å². The molecule has 1 rings (SSSR count). The molecule has 0 aliphatic heterocycles. The summed E-state index contributed by atoms with van der Waals surface area (Å²) in [5.74, 6) is 0. The average Bonchev–Trinajstić information content (AvgIpc) is 2.05. The fraction of sp³-hybridized carbons (Fsp3) is 0.125. The highest BCUT2D eigenvalue weighted by atomic mass is 19.1. The van der Waals surface area contributed by atoms with Gasteiger partial charge in [0.2, 0.25) is 0 Å². The average molecular weight is 169 g/mol. The van der Waals surface area contributed by atoms with Crippen molar-refractivity contribution in [2.45, 2.75) is 6.36 Å². The highest BCUT2D eigenvalue weighted by molar-refractivity contribution is 5.64. The molecule has 0 radical (unpaired) electrons. The van der Waals surface area contributed by atoms with Crippen LogP contribution in [0.2, 0.25) is 0 Å². The topological polar surface area (TPSA) is 52.3 Å². The summed E-state index contributed by atoms with van der Waals surface area (Å²) in [4.78, 5) is 10.1. The summed E-state index contributed by atoms with van der Waals surface area (Å²) in [7, 11) is 0. The maximum atomic E-state index is 12.9. The lowest BCUT2D eigenvalue weighted by atomic mass is 10.2. The number of carbonyl (C=O) groups excluding carboxylic acids is 1. The lowest BCUT2D eigenvalue weighted by Gasteiger charge is -2.06. The third-order valence-electron chi connectivity index (χ3n) is 1.28. The van der Waals surface area contributed by atoms with Gasteiger partial charge >= 0.3 is 6.09 Å². The van der Waals surface area contributed by atoms with Crippen LogP contribution in [-0.2, 0) is 4.74 Å². The number of alkyl halides is 1. The van der Waals surface area contributed by atoms with Crippen LogP contribution >= 0.6 is 0 Å². The van der Waals surface area contributed by atoms with E-state index >= 15 is 0 Å². The number of benzene rings is 1. The van der Waals surface area contributed by atoms with Gasteiger partial charge in [-0.25, -0.2) is 4.79 Å². The molecule has 0 aromatic heterocycles. The van der Waals surface area contributed by atoms with E-state index in [4.69, 9.17) is 0 Å². The van der Waals surface area contributed by atoms with Gasteiger partial charge in [0.1, 0.15) is 0 Å². The SMILES string of the molecule is NC(=O)OC(F)c1ccccc1. The first-order valence-corrected chi connectivity index (χ1v) is 3.35. The van der Waals surface area contributed by atoms with E-state index in [1.54, 1.807) is 18.2 Å². The van der Waals surface area contributed by atoms with E-state index in [9.17, 15) is 9.18 Å². The van der Waals surface area contributed by atoms with Gasteiger partial charge in [0, 0.05) is 5.56 Å². The maximum absolute atomic E-state index is 12.9. The van der Waals surface area contributed by atoms with Crippen LogP contribution in [0.1, 0.15) is 11.9 Å². The van der Waals surface area contributed by atoms with E-state index in [0.29, 0.717) is 0 Å². The molecule has 64 valence electrons. The molecule has 1 atom stereocenters. The van der Waals surface area contributed by atoms with Crippen LogP contribution in [-0.4, -0.2) is 6.09 Å². The number of carbonyl (C=O) groups is 1. The highest BCUT2D eigenvalue weighted by Gasteiger charge is 2.11. The lowest BCUT2D eigenvalue weighted by molar-refractivity contribution is 0.0181. The zero-order valence-corrected chi connectivity index (χ0v) is 6.24. The van der Waals surface area contributed by atoms with Crippen LogP contribution in [0.25, 0.3) is 0 Å². The Morgan fingerprint density at radius 1 is 1.42 bits per heavy atom. The number of halogens is 1. The number of primary amides is 1. The summed E-state index contributed by atoms with van der Waals surface area (Å²) in [5, 5.41) is 0. The molecule has 1 aromatic carbocycles. The Morgan fingerprint density at radius 2 is 2.00 bits per heavy atom. The van der Waals surface area contributed by atoms with Crippen molar-refractivity contribution in [1.29, 1.82) is 0 Å². The molecule has 4 heteroatoms. The van der Waals surface area contributed by atoms with Crippen molar-refractivity contribution >= 4 is 6.09 Å². The monoisotopic (exact) mass is 169 g/mol. The zero-order valence-electron chi connectivity index (χ0n) is 6.24. The van der Waals surface area contributed by atoms with E-state index in [0.717, 1.165) is 0 Å². The molecule has 3 nitrogen and oxygen atoms in total. The van der Waals surface area contributed by atoms with Gasteiger partial charge in [0.15, 0.2) is 0 Å². The van der Waals surface area contributed by atoms with E-state index < -0.39 is 12.5 Å². The van der Waals surface area contributed by atoms with Crippen LogP contribution in [0.4, 0.5) is 9.18 Å². The van der Waals surface area contributed by atoms with Gasteiger partial charge < -0.3 is 10.5 Å². The van der Waals surface area contributed by atoms with Crippen molar-refractivity contribution in [1.82, 2.24) is 0 Å². The Labute approximate surface area is 68.9 Å². The first kappa shape index (κ1) is 8.52. The lowest BCUT2D eigenvalue weighted by Crippen LogP contribution is -2.14. The molecule has 0 saturated heterocycles. The third kappa shape index (κ3) is 2.23. The minimum atomic E-state index is -1.77. The normalized spacial score (nSPS) is 12.1. The van der Waals surface area contributed by atoms with Gasteiger partial charge in [-0.05, 0) is 0 Å². The molecule has 0 heterocycles. The summed E-state index contributed by atoms with van der Waals surface area (Å²) in [6.45, 7) is 0. The van der Waals surface area contributed by atoms with Crippen molar-refractivity contribution in [3.63, 3.8) is 0 Å². The molecule has 1 unspecified atom stereocenters. The van der Waals surface area contributed by atoms with E-state index in [2.05, 4.69) is 10.5 Å². The summed E-state index contributed by atoms with van der Waals surface area (Å²) < 4.78 is 17.0. The molecule has 1 aromatic rings. The van der Waals surface area contributed by atoms with E-state index in [1.807, 2.05) is 0 Å². The Morgan fingerprint density at radius 3 is 2.50 bits per heavy atom. The second-order valence-electron chi connectivity index (χ2n) is 2.16. The molecular formula is C8H8FNO2. The second-order valence-corrected chi connectivity index (χ2v) is 2.16. The summed E-state index contributed by atoms with van der Waals surface area (Å²) >= 11 is 0. The summed E-state index contributed by atoms with van der Waals surface area (Å²) in [6.07, 6.45) is -2.89. The van der Waals surface area contributed by atoms with Crippen LogP contribution in [0.15, 0.2) is 30.3 Å². The van der Waals surface area contributed by atoms with Crippen molar-refractivity contribution in [3.8, 4) is 0 Å². The number of nitrogens with two attached hydrogens (primary N) is 1. The molecule has 12 heavy (non-hydrogen) atoms. The van der Waals surface area contributed by atoms with Gasteiger partial charge in [0.05, 0.1) is 0 Å². The number of hydrogen-bond acceptors (Lipinski definition) is 2. The Balaban J connectivity index is 2.65. The van der Waals surface area contributed by atoms with E-state index in [-0.39, 0.29) is 5.56 Å². The number of amides is 1. The van der Waals surface area contributed by atoms with E-state index in [1.165, 1.54) is 12.1 Å². The molecule has 1 amide bonds. The molecule has 0 aliphatic carbocycles. The number of ether oxygens (including phenoxy) is 1. The quantitative estimate of drug-likeness (QED) is 0.733. The van der Waals surface area contributed by atoms with Crippen LogP contribution in [0.5, 0.6) is 0 Å². The standard InChI is InChI=1S/C8H8FNO2/c9-7(12-8(10)11)6-4-2-1-3-5-6/h1-5,7H,(H2,10,11). The zero-order chi connectivity index (χ0) is 8.97. The smallest absolute Gasteiger partial charge is 0.407 e. The van der Waals surface area contributed by atoms with Gasteiger partial charge in [-0.2, -0.15) is 4.39 Å². The Hall–Kier alpha value is -1.58. The fourth-order valence-electron chi connectivity index (χ4n) is 0.774. The first-order valence-electron chi connectivity index (χ1n) is 3.35. The van der Waals surface area contributed by atoms with Crippen molar-refractivity contribution < 1.29 is 13.9 Å². The molecule has 0 fully saturated rings. The second kappa shape index (κ2) is 3.71. The van der Waals surface area contributed by atoms with Gasteiger partial charge in [-0.15, -0.1) is 0 Å². The minimum absolute atomic E-state index is 0.274. The minimum Gasteiger partial charge on any atom is -0.411 e. The van der Waals surface area contributed by atoms with Crippen molar-refractivity contribution in [3.05, 3.63) is 35.9 Å². The molecule has 2 N–H and O–H groups in total. The molecular weight excluding hydrogens is 161 g/mol.